The molecule has 1 atom stereocenters. The van der Waals surface area contributed by atoms with Crippen molar-refractivity contribution < 1.29 is 23.2 Å². The Bertz CT molecular complexity index is 1630. The van der Waals surface area contributed by atoms with Crippen molar-refractivity contribution in [2.24, 2.45) is 5.92 Å². The fourth-order valence-electron chi connectivity index (χ4n) is 5.67. The molecule has 1 fully saturated rings. The number of aryl methyl sites for hydroxylation is 2. The first-order valence-electron chi connectivity index (χ1n) is 12.6. The van der Waals surface area contributed by atoms with E-state index in [1.165, 1.54) is 19.2 Å². The Kier molecular flexibility index (Phi) is 6.15. The number of aromatic nitrogens is 4. The smallest absolute Gasteiger partial charge is 0.356 e. The van der Waals surface area contributed by atoms with Gasteiger partial charge in [0, 0.05) is 42.1 Å². The van der Waals surface area contributed by atoms with Crippen LogP contribution >= 0.6 is 0 Å². The van der Waals surface area contributed by atoms with Crippen molar-refractivity contribution in [3.63, 3.8) is 0 Å². The number of hydrogen-bond acceptors (Lipinski definition) is 7. The van der Waals surface area contributed by atoms with Gasteiger partial charge in [-0.25, -0.2) is 14.2 Å². The van der Waals surface area contributed by atoms with Gasteiger partial charge < -0.3 is 18.6 Å². The number of fused-ring (bicyclic) bond motifs is 3. The first-order chi connectivity index (χ1) is 18.5. The normalized spacial score (nSPS) is 15.3. The summed E-state index contributed by atoms with van der Waals surface area (Å²) in [7, 11) is 1.34. The summed E-state index contributed by atoms with van der Waals surface area (Å²) in [5.74, 6) is 0.115. The van der Waals surface area contributed by atoms with Crippen LogP contribution in [-0.4, -0.2) is 46.0 Å². The molecule has 194 valence electrons. The van der Waals surface area contributed by atoms with Gasteiger partial charge in [0.25, 0.3) is 0 Å². The predicted octanol–water partition coefficient (Wildman–Crippen LogP) is 5.80. The Hall–Kier alpha value is -4.11. The van der Waals surface area contributed by atoms with Gasteiger partial charge in [0.15, 0.2) is 0 Å². The molecule has 0 saturated carbocycles. The van der Waals surface area contributed by atoms with Gasteiger partial charge in [0.1, 0.15) is 17.3 Å². The summed E-state index contributed by atoms with van der Waals surface area (Å²) >= 11 is 0. The number of carbonyl (C=O) groups is 1. The van der Waals surface area contributed by atoms with E-state index in [-0.39, 0.29) is 23.5 Å². The lowest BCUT2D eigenvalue weighted by Crippen LogP contribution is -2.27. The standard InChI is InChI=1S/C29H27FN4O4/c1-16-26(17(2)38-33-16)20-12-25-27(32-14-20)22-15-31-23(29(35)36-3)13-24(22)34(25)28(19-8-10-37-11-9-19)18-4-6-21(30)7-5-18/h4-7,12-15,19,28H,8-11H2,1-3H3. The third kappa shape index (κ3) is 4.03. The summed E-state index contributed by atoms with van der Waals surface area (Å²) in [6.45, 7) is 5.08. The van der Waals surface area contributed by atoms with Crippen molar-refractivity contribution in [1.29, 1.82) is 0 Å². The number of methoxy groups -OCH3 is 1. The molecule has 0 radical (unpaired) electrons. The molecule has 9 heteroatoms. The van der Waals surface area contributed by atoms with Crippen molar-refractivity contribution in [3.05, 3.63) is 77.3 Å². The zero-order valence-electron chi connectivity index (χ0n) is 21.4. The Labute approximate surface area is 218 Å². The molecule has 0 N–H and O–H groups in total. The second-order valence-electron chi connectivity index (χ2n) is 9.69. The van der Waals surface area contributed by atoms with Crippen molar-refractivity contribution >= 4 is 27.9 Å². The molecule has 1 saturated heterocycles. The van der Waals surface area contributed by atoms with Crippen LogP contribution in [0.1, 0.15) is 46.4 Å². The highest BCUT2D eigenvalue weighted by Crippen LogP contribution is 2.41. The molecule has 8 nitrogen and oxygen atoms in total. The first-order valence-corrected chi connectivity index (χ1v) is 12.6. The Balaban J connectivity index is 1.68. The molecule has 1 aromatic carbocycles. The topological polar surface area (TPSA) is 92.3 Å². The van der Waals surface area contributed by atoms with Crippen LogP contribution in [0, 0.1) is 25.6 Å². The molecule has 0 aliphatic carbocycles. The van der Waals surface area contributed by atoms with E-state index in [4.69, 9.17) is 19.0 Å². The fraction of sp³-hybridized carbons (Fsp3) is 0.310. The number of carbonyl (C=O) groups excluding carboxylic acids is 1. The van der Waals surface area contributed by atoms with Gasteiger partial charge in [-0.1, -0.05) is 17.3 Å². The number of ether oxygens (including phenoxy) is 2. The largest absolute Gasteiger partial charge is 0.464 e. The zero-order chi connectivity index (χ0) is 26.4. The van der Waals surface area contributed by atoms with Gasteiger partial charge in [-0.2, -0.15) is 0 Å². The molecular formula is C29H27FN4O4. The van der Waals surface area contributed by atoms with Crippen LogP contribution in [0.15, 0.2) is 53.3 Å². The minimum absolute atomic E-state index is 0.158. The Morgan fingerprint density at radius 3 is 2.53 bits per heavy atom. The SMILES string of the molecule is COC(=O)c1cc2c(cn1)c1ncc(-c3c(C)noc3C)cc1n2C(c1ccc(F)cc1)C1CCOCC1. The summed E-state index contributed by atoms with van der Waals surface area (Å²) < 4.78 is 32.3. The van der Waals surface area contributed by atoms with Crippen LogP contribution in [0.25, 0.3) is 33.1 Å². The van der Waals surface area contributed by atoms with Gasteiger partial charge in [0.2, 0.25) is 0 Å². The quantitative estimate of drug-likeness (QED) is 0.274. The molecule has 6 rings (SSSR count). The maximum absolute atomic E-state index is 14.0. The molecule has 1 aliphatic heterocycles. The Morgan fingerprint density at radius 1 is 1.08 bits per heavy atom. The van der Waals surface area contributed by atoms with Crippen LogP contribution in [0.5, 0.6) is 0 Å². The molecule has 1 aliphatic rings. The molecule has 1 unspecified atom stereocenters. The summed E-state index contributed by atoms with van der Waals surface area (Å²) in [5.41, 5.74) is 6.18. The predicted molar refractivity (Wildman–Crippen MR) is 139 cm³/mol. The van der Waals surface area contributed by atoms with Gasteiger partial charge >= 0.3 is 5.97 Å². The number of rotatable bonds is 5. The van der Waals surface area contributed by atoms with Crippen LogP contribution in [-0.2, 0) is 9.47 Å². The number of benzene rings is 1. The van der Waals surface area contributed by atoms with Gasteiger partial charge in [-0.15, -0.1) is 0 Å². The molecule has 5 aromatic rings. The maximum atomic E-state index is 14.0. The number of pyridine rings is 2. The van der Waals surface area contributed by atoms with E-state index in [0.717, 1.165) is 57.2 Å². The lowest BCUT2D eigenvalue weighted by molar-refractivity contribution is 0.0552. The second kappa shape index (κ2) is 9.64. The van der Waals surface area contributed by atoms with Crippen molar-refractivity contribution in [2.75, 3.05) is 20.3 Å². The third-order valence-electron chi connectivity index (χ3n) is 7.44. The molecular weight excluding hydrogens is 487 g/mol. The molecule has 38 heavy (non-hydrogen) atoms. The number of esters is 1. The Morgan fingerprint density at radius 2 is 1.84 bits per heavy atom. The fourth-order valence-corrected chi connectivity index (χ4v) is 5.67. The van der Waals surface area contributed by atoms with Crippen molar-refractivity contribution in [2.45, 2.75) is 32.7 Å². The summed E-state index contributed by atoms with van der Waals surface area (Å²) in [6.07, 6.45) is 5.17. The number of nitrogens with zero attached hydrogens (tertiary/aromatic N) is 4. The average molecular weight is 515 g/mol. The minimum atomic E-state index is -0.516. The van der Waals surface area contributed by atoms with E-state index in [1.54, 1.807) is 12.3 Å². The maximum Gasteiger partial charge on any atom is 0.356 e. The lowest BCUT2D eigenvalue weighted by Gasteiger charge is -2.33. The molecule has 0 amide bonds. The van der Waals surface area contributed by atoms with Crippen molar-refractivity contribution in [3.8, 4) is 11.1 Å². The van der Waals surface area contributed by atoms with Crippen LogP contribution in [0.2, 0.25) is 0 Å². The minimum Gasteiger partial charge on any atom is -0.464 e. The van der Waals surface area contributed by atoms with E-state index >= 15 is 0 Å². The number of hydrogen-bond donors (Lipinski definition) is 0. The van der Waals surface area contributed by atoms with Gasteiger partial charge in [-0.05, 0) is 62.4 Å². The van der Waals surface area contributed by atoms with Gasteiger partial charge in [0.05, 0.1) is 35.4 Å². The summed E-state index contributed by atoms with van der Waals surface area (Å²) in [4.78, 5) is 21.7. The lowest BCUT2D eigenvalue weighted by atomic mass is 9.86. The zero-order valence-corrected chi connectivity index (χ0v) is 21.4. The van der Waals surface area contributed by atoms with E-state index < -0.39 is 5.97 Å². The molecule has 4 aromatic heterocycles. The van der Waals surface area contributed by atoms with E-state index in [9.17, 15) is 9.18 Å². The molecule has 0 bridgehead atoms. The van der Waals surface area contributed by atoms with Gasteiger partial charge in [-0.3, -0.25) is 4.98 Å². The first kappa shape index (κ1) is 24.2. The molecule has 5 heterocycles. The monoisotopic (exact) mass is 514 g/mol. The summed E-state index contributed by atoms with van der Waals surface area (Å²) in [6, 6.07) is 10.3. The number of halogens is 1. The van der Waals surface area contributed by atoms with Crippen LogP contribution < -0.4 is 0 Å². The third-order valence-corrected chi connectivity index (χ3v) is 7.44. The highest BCUT2D eigenvalue weighted by Gasteiger charge is 2.31. The van der Waals surface area contributed by atoms with Crippen molar-refractivity contribution in [1.82, 2.24) is 19.7 Å². The van der Waals surface area contributed by atoms with E-state index in [2.05, 4.69) is 20.8 Å². The van der Waals surface area contributed by atoms with Crippen LogP contribution in [0.4, 0.5) is 4.39 Å². The molecule has 0 spiro atoms. The second-order valence-corrected chi connectivity index (χ2v) is 9.69. The highest BCUT2D eigenvalue weighted by molar-refractivity contribution is 6.08. The van der Waals surface area contributed by atoms with Crippen LogP contribution in [0.3, 0.4) is 0 Å². The highest BCUT2D eigenvalue weighted by atomic mass is 19.1. The summed E-state index contributed by atoms with van der Waals surface area (Å²) in [5, 5.41) is 4.94. The van der Waals surface area contributed by atoms with E-state index in [0.29, 0.717) is 19.0 Å². The average Bonchev–Trinajstić information content (AvgIpc) is 3.45. The van der Waals surface area contributed by atoms with E-state index in [1.807, 2.05) is 32.2 Å².